The van der Waals surface area contributed by atoms with Crippen LogP contribution in [-0.4, -0.2) is 9.78 Å². The second-order valence-electron chi connectivity index (χ2n) is 3.86. The molecule has 1 aromatic heterocycles. The van der Waals surface area contributed by atoms with Gasteiger partial charge in [0, 0.05) is 24.0 Å². The maximum Gasteiger partial charge on any atom is 0.137 e. The van der Waals surface area contributed by atoms with Crippen molar-refractivity contribution in [2.75, 3.05) is 5.73 Å². The molecule has 0 unspecified atom stereocenters. The highest BCUT2D eigenvalue weighted by Gasteiger charge is 2.05. The number of hydrogen-bond donors (Lipinski definition) is 1. The zero-order valence-electron chi connectivity index (χ0n) is 10.1. The van der Waals surface area contributed by atoms with Crippen LogP contribution in [0.4, 0.5) is 5.69 Å². The third-order valence-electron chi connectivity index (χ3n) is 2.53. The highest BCUT2D eigenvalue weighted by Crippen LogP contribution is 2.21. The largest absolute Gasteiger partial charge is 0.487 e. The first-order valence-corrected chi connectivity index (χ1v) is 5.66. The highest BCUT2D eigenvalue weighted by molar-refractivity contribution is 5.53. The van der Waals surface area contributed by atoms with E-state index < -0.39 is 0 Å². The summed E-state index contributed by atoms with van der Waals surface area (Å²) in [6, 6.07) is 7.09. The summed E-state index contributed by atoms with van der Waals surface area (Å²) < 4.78 is 7.42. The van der Waals surface area contributed by atoms with Gasteiger partial charge in [0.25, 0.3) is 0 Å². The van der Waals surface area contributed by atoms with Crippen molar-refractivity contribution in [3.8, 4) is 11.8 Å². The minimum Gasteiger partial charge on any atom is -0.487 e. The van der Waals surface area contributed by atoms with Crippen molar-refractivity contribution in [1.82, 2.24) is 9.78 Å². The third kappa shape index (κ3) is 2.61. The zero-order chi connectivity index (χ0) is 13.0. The Morgan fingerprint density at radius 1 is 1.50 bits per heavy atom. The van der Waals surface area contributed by atoms with Gasteiger partial charge in [0.2, 0.25) is 0 Å². The maximum absolute atomic E-state index is 8.98. The van der Waals surface area contributed by atoms with Crippen molar-refractivity contribution in [2.45, 2.75) is 20.1 Å². The van der Waals surface area contributed by atoms with E-state index in [2.05, 4.69) is 11.2 Å². The number of nitriles is 1. The number of nitrogens with two attached hydrogens (primary N) is 1. The molecular weight excluding hydrogens is 228 g/mol. The van der Waals surface area contributed by atoms with Gasteiger partial charge in [-0.05, 0) is 25.1 Å². The average molecular weight is 242 g/mol. The maximum atomic E-state index is 8.98. The summed E-state index contributed by atoms with van der Waals surface area (Å²) in [5, 5.41) is 13.1. The van der Waals surface area contributed by atoms with Gasteiger partial charge in [-0.25, -0.2) is 0 Å². The molecule has 0 saturated carbocycles. The third-order valence-corrected chi connectivity index (χ3v) is 2.53. The predicted molar refractivity (Wildman–Crippen MR) is 67.8 cm³/mol. The molecule has 0 bridgehead atoms. The van der Waals surface area contributed by atoms with Gasteiger partial charge in [-0.2, -0.15) is 10.4 Å². The molecule has 1 heterocycles. The molecule has 92 valence electrons. The van der Waals surface area contributed by atoms with E-state index >= 15 is 0 Å². The lowest BCUT2D eigenvalue weighted by atomic mass is 10.2. The van der Waals surface area contributed by atoms with Crippen LogP contribution in [0.5, 0.6) is 5.75 Å². The molecule has 0 aliphatic heterocycles. The molecule has 0 amide bonds. The van der Waals surface area contributed by atoms with Gasteiger partial charge in [0.1, 0.15) is 18.4 Å². The number of rotatable bonds is 4. The lowest BCUT2D eigenvalue weighted by Gasteiger charge is -2.06. The van der Waals surface area contributed by atoms with E-state index in [9.17, 15) is 0 Å². The Kier molecular flexibility index (Phi) is 3.49. The van der Waals surface area contributed by atoms with Crippen LogP contribution in [0.3, 0.4) is 0 Å². The van der Waals surface area contributed by atoms with E-state index in [0.29, 0.717) is 23.6 Å². The van der Waals surface area contributed by atoms with Crippen LogP contribution in [0.1, 0.15) is 18.1 Å². The fraction of sp³-hybridized carbons (Fsp3) is 0.231. The first-order valence-electron chi connectivity index (χ1n) is 5.66. The van der Waals surface area contributed by atoms with Gasteiger partial charge in [0.15, 0.2) is 0 Å². The number of nitrogen functional groups attached to an aromatic ring is 1. The number of ether oxygens (including phenoxy) is 1. The van der Waals surface area contributed by atoms with Crippen LogP contribution in [0.15, 0.2) is 30.6 Å². The molecule has 0 saturated heterocycles. The minimum absolute atomic E-state index is 0.387. The summed E-state index contributed by atoms with van der Waals surface area (Å²) in [6.07, 6.45) is 3.68. The summed E-state index contributed by atoms with van der Waals surface area (Å²) in [6.45, 7) is 3.23. The molecule has 5 nitrogen and oxygen atoms in total. The van der Waals surface area contributed by atoms with Gasteiger partial charge in [-0.1, -0.05) is 0 Å². The monoisotopic (exact) mass is 242 g/mol. The van der Waals surface area contributed by atoms with E-state index in [-0.39, 0.29) is 0 Å². The molecule has 0 spiro atoms. The summed E-state index contributed by atoms with van der Waals surface area (Å²) >= 11 is 0. The lowest BCUT2D eigenvalue weighted by Crippen LogP contribution is -1.98. The zero-order valence-corrected chi connectivity index (χ0v) is 10.1. The SMILES string of the molecule is CCn1cc(COc2ccc(N)cc2C#N)cn1. The first-order chi connectivity index (χ1) is 8.72. The van der Waals surface area contributed by atoms with Gasteiger partial charge in [-0.3, -0.25) is 4.68 Å². The van der Waals surface area contributed by atoms with Crippen LogP contribution in [-0.2, 0) is 13.2 Å². The Bertz CT molecular complexity index is 583. The predicted octanol–water partition coefficient (Wildman–Crippen LogP) is 1.94. The lowest BCUT2D eigenvalue weighted by molar-refractivity contribution is 0.305. The molecule has 2 rings (SSSR count). The standard InChI is InChI=1S/C13H14N4O/c1-2-17-8-10(7-16-17)9-18-13-4-3-12(15)5-11(13)6-14/h3-5,7-8H,2,9,15H2,1H3. The Morgan fingerprint density at radius 3 is 3.00 bits per heavy atom. The number of anilines is 1. The quantitative estimate of drug-likeness (QED) is 0.831. The van der Waals surface area contributed by atoms with E-state index in [4.69, 9.17) is 15.7 Å². The van der Waals surface area contributed by atoms with E-state index in [1.165, 1.54) is 0 Å². The highest BCUT2D eigenvalue weighted by atomic mass is 16.5. The van der Waals surface area contributed by atoms with Gasteiger partial charge >= 0.3 is 0 Å². The van der Waals surface area contributed by atoms with Crippen LogP contribution >= 0.6 is 0 Å². The van der Waals surface area contributed by atoms with Crippen molar-refractivity contribution >= 4 is 5.69 Å². The van der Waals surface area contributed by atoms with E-state index in [0.717, 1.165) is 12.1 Å². The number of benzene rings is 1. The number of aromatic nitrogens is 2. The van der Waals surface area contributed by atoms with Crippen LogP contribution in [0, 0.1) is 11.3 Å². The molecule has 2 aromatic rings. The number of hydrogen-bond acceptors (Lipinski definition) is 4. The van der Waals surface area contributed by atoms with Crippen molar-refractivity contribution in [2.24, 2.45) is 0 Å². The Balaban J connectivity index is 2.08. The second kappa shape index (κ2) is 5.23. The van der Waals surface area contributed by atoms with Gasteiger partial charge in [0.05, 0.1) is 11.8 Å². The first kappa shape index (κ1) is 12.0. The Labute approximate surface area is 105 Å². The molecule has 18 heavy (non-hydrogen) atoms. The van der Waals surface area contributed by atoms with Gasteiger partial charge < -0.3 is 10.5 Å². The Hall–Kier alpha value is -2.48. The van der Waals surface area contributed by atoms with E-state index in [1.807, 2.05) is 17.8 Å². The van der Waals surface area contributed by atoms with Crippen molar-refractivity contribution < 1.29 is 4.74 Å². The molecule has 1 aromatic carbocycles. The second-order valence-corrected chi connectivity index (χ2v) is 3.86. The summed E-state index contributed by atoms with van der Waals surface area (Å²) in [7, 11) is 0. The normalized spacial score (nSPS) is 10.0. The molecule has 2 N–H and O–H groups in total. The number of aryl methyl sites for hydroxylation is 1. The molecule has 5 heteroatoms. The Morgan fingerprint density at radius 2 is 2.33 bits per heavy atom. The summed E-state index contributed by atoms with van der Waals surface area (Å²) in [4.78, 5) is 0. The fourth-order valence-electron chi connectivity index (χ4n) is 1.58. The van der Waals surface area contributed by atoms with Gasteiger partial charge in [-0.15, -0.1) is 0 Å². The fourth-order valence-corrected chi connectivity index (χ4v) is 1.58. The molecule has 0 atom stereocenters. The smallest absolute Gasteiger partial charge is 0.137 e. The van der Waals surface area contributed by atoms with Crippen LogP contribution < -0.4 is 10.5 Å². The van der Waals surface area contributed by atoms with Crippen LogP contribution in [0.2, 0.25) is 0 Å². The summed E-state index contributed by atoms with van der Waals surface area (Å²) in [5.41, 5.74) is 7.58. The van der Waals surface area contributed by atoms with Crippen LogP contribution in [0.25, 0.3) is 0 Å². The average Bonchev–Trinajstić information content (AvgIpc) is 2.85. The minimum atomic E-state index is 0.387. The van der Waals surface area contributed by atoms with E-state index in [1.54, 1.807) is 24.4 Å². The topological polar surface area (TPSA) is 76.9 Å². The molecule has 0 fully saturated rings. The van der Waals surface area contributed by atoms with Crippen molar-refractivity contribution in [3.05, 3.63) is 41.7 Å². The molecule has 0 aliphatic carbocycles. The van der Waals surface area contributed by atoms with Crippen molar-refractivity contribution in [1.29, 1.82) is 5.26 Å². The molecule has 0 aliphatic rings. The summed E-state index contributed by atoms with van der Waals surface area (Å²) in [5.74, 6) is 0.538. The molecule has 0 radical (unpaired) electrons. The number of nitrogens with zero attached hydrogens (tertiary/aromatic N) is 3. The molecular formula is C13H14N4O. The van der Waals surface area contributed by atoms with Crippen molar-refractivity contribution in [3.63, 3.8) is 0 Å².